The lowest BCUT2D eigenvalue weighted by atomic mass is 10.2. The summed E-state index contributed by atoms with van der Waals surface area (Å²) < 4.78 is 0. The number of pyridine rings is 1. The molecule has 0 saturated carbocycles. The largest absolute Gasteiger partial charge is 0.351 e. The second-order valence-corrected chi connectivity index (χ2v) is 5.10. The Morgan fingerprint density at radius 1 is 1.38 bits per heavy atom. The average molecular weight is 286 g/mol. The third kappa shape index (κ3) is 5.18. The second-order valence-electron chi connectivity index (χ2n) is 5.10. The predicted molar refractivity (Wildman–Crippen MR) is 82.8 cm³/mol. The Labute approximate surface area is 125 Å². The molecule has 1 amide bonds. The zero-order valence-corrected chi connectivity index (χ0v) is 12.3. The molecule has 21 heavy (non-hydrogen) atoms. The quantitative estimate of drug-likeness (QED) is 0.614. The smallest absolute Gasteiger partial charge is 0.269 e. The van der Waals surface area contributed by atoms with E-state index in [1.165, 1.54) is 25.9 Å². The maximum absolute atomic E-state index is 11.9. The van der Waals surface area contributed by atoms with Crippen molar-refractivity contribution < 1.29 is 4.79 Å². The van der Waals surface area contributed by atoms with Gasteiger partial charge in [-0.15, -0.1) is 0 Å². The van der Waals surface area contributed by atoms with E-state index in [1.807, 2.05) is 0 Å². The van der Waals surface area contributed by atoms with Crippen molar-refractivity contribution in [3.63, 3.8) is 0 Å². The van der Waals surface area contributed by atoms with Gasteiger partial charge in [0.05, 0.1) is 6.54 Å². The Hall–Kier alpha value is -1.90. The first-order valence-corrected chi connectivity index (χ1v) is 7.45. The summed E-state index contributed by atoms with van der Waals surface area (Å²) in [5, 5.41) is 2.90. The molecule has 0 aromatic carbocycles. The molecule has 1 aromatic heterocycles. The number of hydrogen-bond acceptors (Lipinski definition) is 4. The Balaban J connectivity index is 1.72. The minimum Gasteiger partial charge on any atom is -0.351 e. The molecule has 1 aliphatic rings. The zero-order valence-electron chi connectivity index (χ0n) is 12.3. The lowest BCUT2D eigenvalue weighted by molar-refractivity contribution is 0.0947. The molecule has 2 rings (SSSR count). The van der Waals surface area contributed by atoms with E-state index in [2.05, 4.69) is 27.0 Å². The topological polar surface area (TPSA) is 71.2 Å². The van der Waals surface area contributed by atoms with Gasteiger partial charge < -0.3 is 16.0 Å². The van der Waals surface area contributed by atoms with Crippen molar-refractivity contribution in [2.45, 2.75) is 19.3 Å². The van der Waals surface area contributed by atoms with Crippen LogP contribution < -0.4 is 11.1 Å². The number of nitrogens with one attached hydrogen (secondary N) is 1. The highest BCUT2D eigenvalue weighted by Gasteiger charge is 2.11. The van der Waals surface area contributed by atoms with E-state index in [1.54, 1.807) is 18.3 Å². The van der Waals surface area contributed by atoms with Crippen molar-refractivity contribution in [3.05, 3.63) is 29.6 Å². The van der Waals surface area contributed by atoms with Gasteiger partial charge in [0, 0.05) is 18.3 Å². The molecule has 0 bridgehead atoms. The first-order chi connectivity index (χ1) is 10.3. The molecule has 0 spiro atoms. The summed E-state index contributed by atoms with van der Waals surface area (Å²) in [6.45, 7) is 4.45. The first kappa shape index (κ1) is 15.5. The number of carbonyl (C=O) groups is 1. The van der Waals surface area contributed by atoms with Gasteiger partial charge in [-0.3, -0.25) is 4.79 Å². The van der Waals surface area contributed by atoms with Crippen LogP contribution in [0.2, 0.25) is 0 Å². The SMILES string of the molecule is NCC#Cc1ccc(C(=O)NCCCN2CCCC2)nc1. The van der Waals surface area contributed by atoms with Gasteiger partial charge in [0.25, 0.3) is 5.91 Å². The summed E-state index contributed by atoms with van der Waals surface area (Å²) in [4.78, 5) is 18.5. The fraction of sp³-hybridized carbons (Fsp3) is 0.500. The van der Waals surface area contributed by atoms with Gasteiger partial charge >= 0.3 is 0 Å². The van der Waals surface area contributed by atoms with Gasteiger partial charge in [-0.25, -0.2) is 4.98 Å². The van der Waals surface area contributed by atoms with E-state index in [4.69, 9.17) is 5.73 Å². The number of aromatic nitrogens is 1. The summed E-state index contributed by atoms with van der Waals surface area (Å²) in [5.74, 6) is 5.50. The van der Waals surface area contributed by atoms with E-state index in [0.717, 1.165) is 18.5 Å². The van der Waals surface area contributed by atoms with Gasteiger partial charge in [-0.2, -0.15) is 0 Å². The van der Waals surface area contributed by atoms with Crippen molar-refractivity contribution in [2.75, 3.05) is 32.7 Å². The van der Waals surface area contributed by atoms with Gasteiger partial charge in [0.15, 0.2) is 0 Å². The van der Waals surface area contributed by atoms with Crippen molar-refractivity contribution in [2.24, 2.45) is 5.73 Å². The molecule has 1 fully saturated rings. The highest BCUT2D eigenvalue weighted by Crippen LogP contribution is 2.07. The molecule has 0 unspecified atom stereocenters. The van der Waals surface area contributed by atoms with E-state index in [9.17, 15) is 4.79 Å². The molecule has 1 aliphatic heterocycles. The van der Waals surface area contributed by atoms with Crippen molar-refractivity contribution >= 4 is 5.91 Å². The lowest BCUT2D eigenvalue weighted by Gasteiger charge is -2.14. The third-order valence-electron chi connectivity index (χ3n) is 3.47. The summed E-state index contributed by atoms with van der Waals surface area (Å²) in [6.07, 6.45) is 5.18. The van der Waals surface area contributed by atoms with E-state index >= 15 is 0 Å². The molecule has 3 N–H and O–H groups in total. The minimum atomic E-state index is -0.130. The molecular formula is C16H22N4O. The molecule has 112 valence electrons. The van der Waals surface area contributed by atoms with E-state index in [-0.39, 0.29) is 5.91 Å². The number of hydrogen-bond donors (Lipinski definition) is 2. The summed E-state index contributed by atoms with van der Waals surface area (Å²) >= 11 is 0. The number of nitrogens with two attached hydrogens (primary N) is 1. The van der Waals surface area contributed by atoms with Crippen LogP contribution >= 0.6 is 0 Å². The Kier molecular flexibility index (Phi) is 6.20. The Bertz CT molecular complexity index is 509. The highest BCUT2D eigenvalue weighted by molar-refractivity contribution is 5.92. The average Bonchev–Trinajstić information content (AvgIpc) is 3.03. The Morgan fingerprint density at radius 3 is 2.86 bits per heavy atom. The van der Waals surface area contributed by atoms with Crippen LogP contribution in [0.4, 0.5) is 0 Å². The monoisotopic (exact) mass is 286 g/mol. The Morgan fingerprint density at radius 2 is 2.19 bits per heavy atom. The number of amides is 1. The summed E-state index contributed by atoms with van der Waals surface area (Å²) in [6, 6.07) is 3.48. The van der Waals surface area contributed by atoms with Crippen LogP contribution in [0.1, 0.15) is 35.3 Å². The van der Waals surface area contributed by atoms with Crippen LogP contribution in [0.3, 0.4) is 0 Å². The standard InChI is InChI=1S/C16H22N4O/c17-8-3-5-14-6-7-15(19-13-14)16(21)18-9-4-12-20-10-1-2-11-20/h6-7,13H,1-2,4,8-12,17H2,(H,18,21). The highest BCUT2D eigenvalue weighted by atomic mass is 16.1. The van der Waals surface area contributed by atoms with Crippen LogP contribution in [0.5, 0.6) is 0 Å². The van der Waals surface area contributed by atoms with E-state index in [0.29, 0.717) is 18.8 Å². The van der Waals surface area contributed by atoms with Crippen LogP contribution in [-0.2, 0) is 0 Å². The van der Waals surface area contributed by atoms with Crippen LogP contribution in [0, 0.1) is 11.8 Å². The summed E-state index contributed by atoms with van der Waals surface area (Å²) in [5.41, 5.74) is 6.50. The normalized spacial score (nSPS) is 14.5. The van der Waals surface area contributed by atoms with Gasteiger partial charge in [-0.05, 0) is 51.0 Å². The van der Waals surface area contributed by atoms with Gasteiger partial charge in [0.1, 0.15) is 5.69 Å². The summed E-state index contributed by atoms with van der Waals surface area (Å²) in [7, 11) is 0. The van der Waals surface area contributed by atoms with Crippen LogP contribution in [0.25, 0.3) is 0 Å². The third-order valence-corrected chi connectivity index (χ3v) is 3.47. The molecule has 5 heteroatoms. The van der Waals surface area contributed by atoms with Crippen LogP contribution in [-0.4, -0.2) is 48.5 Å². The second kappa shape index (κ2) is 8.40. The maximum atomic E-state index is 11.9. The number of rotatable bonds is 5. The van der Waals surface area contributed by atoms with Crippen molar-refractivity contribution in [1.82, 2.24) is 15.2 Å². The van der Waals surface area contributed by atoms with E-state index < -0.39 is 0 Å². The number of likely N-dealkylation sites (tertiary alicyclic amines) is 1. The molecule has 0 radical (unpaired) electrons. The van der Waals surface area contributed by atoms with Crippen molar-refractivity contribution in [3.8, 4) is 11.8 Å². The fourth-order valence-corrected chi connectivity index (χ4v) is 2.36. The van der Waals surface area contributed by atoms with Gasteiger partial charge in [0.2, 0.25) is 0 Å². The molecule has 1 saturated heterocycles. The number of nitrogens with zero attached hydrogens (tertiary/aromatic N) is 2. The minimum absolute atomic E-state index is 0.130. The molecule has 5 nitrogen and oxygen atoms in total. The van der Waals surface area contributed by atoms with Gasteiger partial charge in [-0.1, -0.05) is 11.8 Å². The predicted octanol–water partition coefficient (Wildman–Crippen LogP) is 0.607. The maximum Gasteiger partial charge on any atom is 0.269 e. The molecule has 0 atom stereocenters. The molecule has 0 aliphatic carbocycles. The lowest BCUT2D eigenvalue weighted by Crippen LogP contribution is -2.29. The zero-order chi connectivity index (χ0) is 14.9. The molecular weight excluding hydrogens is 264 g/mol. The number of carbonyl (C=O) groups excluding carboxylic acids is 1. The fourth-order valence-electron chi connectivity index (χ4n) is 2.36. The van der Waals surface area contributed by atoms with Crippen LogP contribution in [0.15, 0.2) is 18.3 Å². The first-order valence-electron chi connectivity index (χ1n) is 7.45. The molecule has 2 heterocycles. The van der Waals surface area contributed by atoms with Crippen molar-refractivity contribution in [1.29, 1.82) is 0 Å². The molecule has 1 aromatic rings.